The third-order valence-electron chi connectivity index (χ3n) is 6.47. The molecule has 0 unspecified atom stereocenters. The Hall–Kier alpha value is -5.09. The summed E-state index contributed by atoms with van der Waals surface area (Å²) in [6.07, 6.45) is -0.953. The van der Waals surface area contributed by atoms with Gasteiger partial charge in [-0.1, -0.05) is 5.16 Å². The minimum atomic E-state index is -4.59. The average molecular weight is 573 g/mol. The van der Waals surface area contributed by atoms with E-state index in [-0.39, 0.29) is 53.2 Å². The molecule has 41 heavy (non-hydrogen) atoms. The van der Waals surface area contributed by atoms with Crippen LogP contribution in [-0.4, -0.2) is 52.8 Å². The summed E-state index contributed by atoms with van der Waals surface area (Å²) in [5.41, 5.74) is -1.79. The number of nitrogens with zero attached hydrogens (tertiary/aromatic N) is 8. The molecule has 1 amide bonds. The van der Waals surface area contributed by atoms with Crippen LogP contribution in [0.3, 0.4) is 0 Å². The standard InChI is InChI=1S/C24H23F3N10O4/c1-11-5-14(6-29-19(11)24(25,26)27)15-7-28-8-16(32-15)33-21(38)12(2)37-10-30-20-18(37)22(39)36(23(40)35(20)4)9-17-31-13(3)34-41-17/h5-8,12,30H,9-10H2,1-4H3,(H,32,33,38)/t12-/m0/s1. The number of hydrogen-bond donors (Lipinski definition) is 2. The first-order chi connectivity index (χ1) is 19.3. The largest absolute Gasteiger partial charge is 0.433 e. The monoisotopic (exact) mass is 572 g/mol. The van der Waals surface area contributed by atoms with Gasteiger partial charge in [0.15, 0.2) is 11.6 Å². The van der Waals surface area contributed by atoms with E-state index in [4.69, 9.17) is 4.52 Å². The molecule has 2 N–H and O–H groups in total. The first kappa shape index (κ1) is 27.5. The lowest BCUT2D eigenvalue weighted by Gasteiger charge is -2.24. The lowest BCUT2D eigenvalue weighted by atomic mass is 10.1. The number of carbonyl (C=O) groups excluding carboxylic acids is 1. The van der Waals surface area contributed by atoms with Crippen molar-refractivity contribution in [3.8, 4) is 11.3 Å². The number of aryl methyl sites for hydroxylation is 2. The maximum Gasteiger partial charge on any atom is 0.433 e. The number of hydrogen-bond acceptors (Lipinski definition) is 11. The Morgan fingerprint density at radius 1 is 1.20 bits per heavy atom. The van der Waals surface area contributed by atoms with Crippen molar-refractivity contribution < 1.29 is 22.5 Å². The van der Waals surface area contributed by atoms with Gasteiger partial charge in [-0.3, -0.25) is 24.1 Å². The quantitative estimate of drug-likeness (QED) is 0.345. The summed E-state index contributed by atoms with van der Waals surface area (Å²) < 4.78 is 46.5. The number of pyridine rings is 1. The molecule has 0 aliphatic carbocycles. The smallest absolute Gasteiger partial charge is 0.352 e. The van der Waals surface area contributed by atoms with Gasteiger partial charge >= 0.3 is 11.9 Å². The molecule has 1 aliphatic heterocycles. The molecule has 1 atom stereocenters. The first-order valence-electron chi connectivity index (χ1n) is 12.2. The second kappa shape index (κ2) is 10.1. The van der Waals surface area contributed by atoms with E-state index in [2.05, 4.69) is 35.7 Å². The van der Waals surface area contributed by atoms with Crippen molar-refractivity contribution in [2.45, 2.75) is 39.5 Å². The Bertz CT molecular complexity index is 1780. The molecule has 0 saturated heterocycles. The Labute approximate surface area is 228 Å². The summed E-state index contributed by atoms with van der Waals surface area (Å²) in [5, 5.41) is 9.27. The Balaban J connectivity index is 1.39. The van der Waals surface area contributed by atoms with Crippen molar-refractivity contribution in [2.75, 3.05) is 22.2 Å². The van der Waals surface area contributed by atoms with Gasteiger partial charge in [-0.05, 0) is 32.4 Å². The highest BCUT2D eigenvalue weighted by atomic mass is 19.4. The number of alkyl halides is 3. The minimum absolute atomic E-state index is 0.0360. The van der Waals surface area contributed by atoms with Gasteiger partial charge in [-0.2, -0.15) is 18.2 Å². The van der Waals surface area contributed by atoms with E-state index in [9.17, 15) is 27.6 Å². The second-order valence-corrected chi connectivity index (χ2v) is 9.31. The molecular formula is C24H23F3N10O4. The third kappa shape index (κ3) is 5.12. The van der Waals surface area contributed by atoms with E-state index in [1.807, 2.05) is 0 Å². The van der Waals surface area contributed by atoms with Gasteiger partial charge in [-0.15, -0.1) is 0 Å². The first-order valence-corrected chi connectivity index (χ1v) is 12.2. The summed E-state index contributed by atoms with van der Waals surface area (Å²) in [5.74, 6) is 0.136. The van der Waals surface area contributed by atoms with Crippen molar-refractivity contribution >= 4 is 23.2 Å². The minimum Gasteiger partial charge on any atom is -0.352 e. The van der Waals surface area contributed by atoms with Crippen LogP contribution in [0.2, 0.25) is 0 Å². The van der Waals surface area contributed by atoms with Crippen LogP contribution in [0.15, 0.2) is 38.8 Å². The van der Waals surface area contributed by atoms with Crippen LogP contribution in [-0.2, 0) is 24.6 Å². The van der Waals surface area contributed by atoms with Gasteiger partial charge in [0.1, 0.15) is 29.8 Å². The zero-order valence-electron chi connectivity index (χ0n) is 22.1. The van der Waals surface area contributed by atoms with E-state index in [0.29, 0.717) is 5.82 Å². The van der Waals surface area contributed by atoms with E-state index >= 15 is 0 Å². The van der Waals surface area contributed by atoms with Gasteiger partial charge in [0, 0.05) is 18.8 Å². The van der Waals surface area contributed by atoms with Gasteiger partial charge in [0.25, 0.3) is 5.56 Å². The molecule has 1 aliphatic rings. The maximum atomic E-state index is 13.4. The number of amides is 1. The summed E-state index contributed by atoms with van der Waals surface area (Å²) in [6.45, 7) is 4.24. The summed E-state index contributed by atoms with van der Waals surface area (Å²) in [7, 11) is 1.48. The van der Waals surface area contributed by atoms with Crippen molar-refractivity contribution in [1.29, 1.82) is 0 Å². The fourth-order valence-corrected chi connectivity index (χ4v) is 4.41. The van der Waals surface area contributed by atoms with Crippen molar-refractivity contribution in [1.82, 2.24) is 34.2 Å². The number of rotatable bonds is 6. The molecule has 0 bridgehead atoms. The van der Waals surface area contributed by atoms with E-state index in [0.717, 1.165) is 10.8 Å². The fourth-order valence-electron chi connectivity index (χ4n) is 4.41. The van der Waals surface area contributed by atoms with E-state index < -0.39 is 35.1 Å². The van der Waals surface area contributed by atoms with Crippen LogP contribution in [0, 0.1) is 13.8 Å². The fraction of sp³-hybridized carbons (Fsp3) is 0.333. The van der Waals surface area contributed by atoms with E-state index in [1.165, 1.54) is 41.9 Å². The zero-order chi connectivity index (χ0) is 29.6. The third-order valence-corrected chi connectivity index (χ3v) is 6.47. The van der Waals surface area contributed by atoms with Gasteiger partial charge in [0.05, 0.1) is 24.8 Å². The van der Waals surface area contributed by atoms with Gasteiger partial charge < -0.3 is 20.1 Å². The van der Waals surface area contributed by atoms with E-state index in [1.54, 1.807) is 13.8 Å². The van der Waals surface area contributed by atoms with Crippen molar-refractivity contribution in [3.63, 3.8) is 0 Å². The number of nitrogens with one attached hydrogen (secondary N) is 2. The van der Waals surface area contributed by atoms with Crippen LogP contribution in [0.4, 0.5) is 30.5 Å². The van der Waals surface area contributed by atoms with Gasteiger partial charge in [-0.25, -0.2) is 14.3 Å². The number of anilines is 3. The lowest BCUT2D eigenvalue weighted by Crippen LogP contribution is -2.46. The Morgan fingerprint density at radius 3 is 2.61 bits per heavy atom. The zero-order valence-corrected chi connectivity index (χ0v) is 22.1. The summed E-state index contributed by atoms with van der Waals surface area (Å²) in [4.78, 5) is 56.9. The number of aromatic nitrogens is 7. The molecule has 0 spiro atoms. The number of carbonyl (C=O) groups is 1. The maximum absolute atomic E-state index is 13.4. The van der Waals surface area contributed by atoms with Gasteiger partial charge in [0.2, 0.25) is 11.8 Å². The second-order valence-electron chi connectivity index (χ2n) is 9.31. The topological polar surface area (TPSA) is 166 Å². The molecule has 5 heterocycles. The SMILES string of the molecule is Cc1noc(Cn2c(=O)c3c(n(C)c2=O)NCN3[C@@H](C)C(=O)Nc2cncc(-c3cnc(C(F)(F)F)c(C)c3)n2)n1. The predicted octanol–water partition coefficient (Wildman–Crippen LogP) is 1.68. The molecule has 4 aromatic rings. The Morgan fingerprint density at radius 2 is 1.95 bits per heavy atom. The molecule has 14 nitrogen and oxygen atoms in total. The van der Waals surface area contributed by atoms with Crippen LogP contribution in [0.1, 0.15) is 29.9 Å². The molecule has 17 heteroatoms. The number of halogens is 3. The lowest BCUT2D eigenvalue weighted by molar-refractivity contribution is -0.141. The normalized spacial score (nSPS) is 13.6. The molecule has 0 fully saturated rings. The molecule has 0 aromatic carbocycles. The molecule has 0 saturated carbocycles. The predicted molar refractivity (Wildman–Crippen MR) is 138 cm³/mol. The molecular weight excluding hydrogens is 549 g/mol. The number of fused-ring (bicyclic) bond motifs is 1. The molecule has 0 radical (unpaired) electrons. The van der Waals surface area contributed by atoms with Crippen molar-refractivity contribution in [2.24, 2.45) is 7.05 Å². The summed E-state index contributed by atoms with van der Waals surface area (Å²) in [6, 6.07) is 0.361. The highest BCUT2D eigenvalue weighted by molar-refractivity contribution is 5.97. The molecule has 214 valence electrons. The Kier molecular flexibility index (Phi) is 6.80. The molecule has 5 rings (SSSR count). The van der Waals surface area contributed by atoms with Crippen LogP contribution >= 0.6 is 0 Å². The highest BCUT2D eigenvalue weighted by Crippen LogP contribution is 2.32. The average Bonchev–Trinajstić information content (AvgIpc) is 3.55. The molecule has 4 aromatic heterocycles. The summed E-state index contributed by atoms with van der Waals surface area (Å²) >= 11 is 0. The van der Waals surface area contributed by atoms with Crippen molar-refractivity contribution in [3.05, 3.63) is 68.5 Å². The van der Waals surface area contributed by atoms with Crippen LogP contribution in [0.25, 0.3) is 11.3 Å². The highest BCUT2D eigenvalue weighted by Gasteiger charge is 2.35. The van der Waals surface area contributed by atoms with Crippen LogP contribution < -0.4 is 26.8 Å². The van der Waals surface area contributed by atoms with Crippen LogP contribution in [0.5, 0.6) is 0 Å².